The van der Waals surface area contributed by atoms with Crippen LogP contribution in [0.3, 0.4) is 0 Å². The van der Waals surface area contributed by atoms with E-state index in [2.05, 4.69) is 10.6 Å². The summed E-state index contributed by atoms with van der Waals surface area (Å²) in [5.41, 5.74) is 3.49. The van der Waals surface area contributed by atoms with Crippen LogP contribution >= 0.6 is 23.4 Å². The van der Waals surface area contributed by atoms with Crippen molar-refractivity contribution in [2.75, 3.05) is 39.1 Å². The van der Waals surface area contributed by atoms with Crippen LogP contribution in [-0.2, 0) is 10.5 Å². The first-order valence-corrected chi connectivity index (χ1v) is 14.3. The molecule has 0 bridgehead atoms. The highest BCUT2D eigenvalue weighted by Gasteiger charge is 2.35. The van der Waals surface area contributed by atoms with Crippen molar-refractivity contribution in [2.45, 2.75) is 23.9 Å². The smallest absolute Gasteiger partial charge is 0.255 e. The van der Waals surface area contributed by atoms with Gasteiger partial charge in [0, 0.05) is 22.2 Å². The Bertz CT molecular complexity index is 1600. The minimum absolute atomic E-state index is 0.305. The van der Waals surface area contributed by atoms with Crippen molar-refractivity contribution in [3.05, 3.63) is 88.1 Å². The third kappa shape index (κ3) is 5.97. The third-order valence-corrected chi connectivity index (χ3v) is 7.87. The lowest BCUT2D eigenvalue weighted by atomic mass is 9.94. The lowest BCUT2D eigenvalue weighted by Gasteiger charge is -2.29. The molecular formula is C30H30ClN5O5S. The van der Waals surface area contributed by atoms with E-state index in [1.807, 2.05) is 43.3 Å². The molecule has 0 saturated heterocycles. The first kappa shape index (κ1) is 29.2. The molecule has 1 amide bonds. The standard InChI is InChI=1S/C30H30ClN5O5S/c1-17-25(28(37)33-21-10-12-22(38-2)13-11-21)26(19-14-23(39-3)27(41-5)24(15-19)40-4)36-29(32-17)34-30(35-36)42-16-18-6-8-20(31)9-7-18/h6-15,26H,16H2,1-5H3,(H,33,37)(H,32,34,35)/t26-/m0/s1. The minimum atomic E-state index is -0.661. The van der Waals surface area contributed by atoms with Crippen LogP contribution in [0.1, 0.15) is 24.1 Å². The quantitative estimate of drug-likeness (QED) is 0.204. The van der Waals surface area contributed by atoms with Gasteiger partial charge in [0.05, 0.1) is 34.0 Å². The van der Waals surface area contributed by atoms with Crippen molar-refractivity contribution in [1.29, 1.82) is 0 Å². The van der Waals surface area contributed by atoms with E-state index >= 15 is 0 Å². The summed E-state index contributed by atoms with van der Waals surface area (Å²) in [6, 6.07) is 17.7. The van der Waals surface area contributed by atoms with E-state index in [-0.39, 0.29) is 5.91 Å². The van der Waals surface area contributed by atoms with Gasteiger partial charge in [-0.25, -0.2) is 4.68 Å². The second-order valence-electron chi connectivity index (χ2n) is 9.29. The van der Waals surface area contributed by atoms with Gasteiger partial charge in [0.2, 0.25) is 16.9 Å². The number of nitrogens with one attached hydrogen (secondary N) is 2. The zero-order chi connectivity index (χ0) is 29.8. The fraction of sp³-hybridized carbons (Fsp3) is 0.233. The van der Waals surface area contributed by atoms with Crippen LogP contribution < -0.4 is 29.6 Å². The molecule has 1 aliphatic rings. The summed E-state index contributed by atoms with van der Waals surface area (Å²) in [6.45, 7) is 1.84. The third-order valence-electron chi connectivity index (χ3n) is 6.71. The molecule has 0 radical (unpaired) electrons. The summed E-state index contributed by atoms with van der Waals surface area (Å²) in [6.07, 6.45) is 0. The summed E-state index contributed by atoms with van der Waals surface area (Å²) in [4.78, 5) is 18.6. The molecule has 2 heterocycles. The second-order valence-corrected chi connectivity index (χ2v) is 10.7. The fourth-order valence-corrected chi connectivity index (χ4v) is 5.57. The molecule has 1 aliphatic heterocycles. The number of hydrogen-bond donors (Lipinski definition) is 2. The highest BCUT2D eigenvalue weighted by atomic mass is 35.5. The number of ether oxygens (including phenoxy) is 4. The number of anilines is 2. The molecule has 12 heteroatoms. The molecule has 1 atom stereocenters. The number of benzene rings is 3. The van der Waals surface area contributed by atoms with Gasteiger partial charge in [0.15, 0.2) is 11.5 Å². The van der Waals surface area contributed by atoms with Crippen molar-refractivity contribution in [2.24, 2.45) is 0 Å². The predicted molar refractivity (Wildman–Crippen MR) is 163 cm³/mol. The number of fused-ring (bicyclic) bond motifs is 1. The summed E-state index contributed by atoms with van der Waals surface area (Å²) < 4.78 is 23.8. The van der Waals surface area contributed by atoms with E-state index < -0.39 is 6.04 Å². The number of carbonyl (C=O) groups excluding carboxylic acids is 1. The number of hydrogen-bond acceptors (Lipinski definition) is 9. The average molecular weight is 608 g/mol. The molecule has 4 aromatic rings. The summed E-state index contributed by atoms with van der Waals surface area (Å²) in [5, 5.41) is 12.3. The van der Waals surface area contributed by atoms with Gasteiger partial charge in [-0.2, -0.15) is 4.98 Å². The maximum absolute atomic E-state index is 13.9. The van der Waals surface area contributed by atoms with Crippen LogP contribution in [0.5, 0.6) is 23.0 Å². The van der Waals surface area contributed by atoms with Gasteiger partial charge in [-0.15, -0.1) is 5.10 Å². The Morgan fingerprint density at radius 1 is 0.976 bits per heavy atom. The van der Waals surface area contributed by atoms with E-state index in [0.717, 1.165) is 5.56 Å². The molecule has 2 N–H and O–H groups in total. The molecule has 0 unspecified atom stereocenters. The van der Waals surface area contributed by atoms with Gasteiger partial charge in [-0.3, -0.25) is 4.79 Å². The molecule has 0 saturated carbocycles. The number of carbonyl (C=O) groups is 1. The predicted octanol–water partition coefficient (Wildman–Crippen LogP) is 6.19. The van der Waals surface area contributed by atoms with Crippen LogP contribution in [0.25, 0.3) is 0 Å². The van der Waals surface area contributed by atoms with Crippen molar-refractivity contribution in [3.63, 3.8) is 0 Å². The number of nitrogens with zero attached hydrogens (tertiary/aromatic N) is 3. The zero-order valence-electron chi connectivity index (χ0n) is 23.7. The lowest BCUT2D eigenvalue weighted by Crippen LogP contribution is -2.31. The Morgan fingerprint density at radius 2 is 1.64 bits per heavy atom. The largest absolute Gasteiger partial charge is 0.497 e. The Balaban J connectivity index is 1.55. The number of halogens is 1. The van der Waals surface area contributed by atoms with E-state index in [9.17, 15) is 4.79 Å². The molecule has 0 spiro atoms. The Kier molecular flexibility index (Phi) is 8.79. The lowest BCUT2D eigenvalue weighted by molar-refractivity contribution is -0.113. The van der Waals surface area contributed by atoms with Crippen LogP contribution in [-0.4, -0.2) is 49.1 Å². The molecular weight excluding hydrogens is 578 g/mol. The van der Waals surface area contributed by atoms with E-state index in [0.29, 0.717) is 67.4 Å². The Morgan fingerprint density at radius 3 is 2.24 bits per heavy atom. The van der Waals surface area contributed by atoms with Crippen molar-refractivity contribution in [3.8, 4) is 23.0 Å². The number of methoxy groups -OCH3 is 4. The summed E-state index contributed by atoms with van der Waals surface area (Å²) >= 11 is 7.52. The van der Waals surface area contributed by atoms with Gasteiger partial charge in [0.1, 0.15) is 11.8 Å². The van der Waals surface area contributed by atoms with Crippen LogP contribution in [0.2, 0.25) is 5.02 Å². The Hall–Kier alpha value is -4.35. The van der Waals surface area contributed by atoms with Gasteiger partial charge >= 0.3 is 0 Å². The van der Waals surface area contributed by atoms with Crippen LogP contribution in [0.4, 0.5) is 11.6 Å². The first-order chi connectivity index (χ1) is 20.3. The number of amides is 1. The highest BCUT2D eigenvalue weighted by Crippen LogP contribution is 2.44. The normalized spacial score (nSPS) is 14.1. The first-order valence-electron chi connectivity index (χ1n) is 12.9. The van der Waals surface area contributed by atoms with Gasteiger partial charge < -0.3 is 29.6 Å². The molecule has 3 aromatic carbocycles. The van der Waals surface area contributed by atoms with E-state index in [4.69, 9.17) is 40.6 Å². The van der Waals surface area contributed by atoms with Crippen molar-refractivity contribution < 1.29 is 23.7 Å². The monoisotopic (exact) mass is 607 g/mol. The van der Waals surface area contributed by atoms with Gasteiger partial charge in [-0.05, 0) is 66.6 Å². The fourth-order valence-electron chi connectivity index (χ4n) is 4.66. The molecule has 0 aliphatic carbocycles. The highest BCUT2D eigenvalue weighted by molar-refractivity contribution is 7.98. The SMILES string of the molecule is COc1ccc(NC(=O)C2=C(C)Nc3nc(SCc4ccc(Cl)cc4)nn3[C@H]2c2cc(OC)c(OC)c(OC)c2)cc1. The van der Waals surface area contributed by atoms with Gasteiger partial charge in [-0.1, -0.05) is 35.5 Å². The van der Waals surface area contributed by atoms with Crippen LogP contribution in [0, 0.1) is 0 Å². The Labute approximate surface area is 253 Å². The maximum Gasteiger partial charge on any atom is 0.255 e. The van der Waals surface area contributed by atoms with Crippen LogP contribution in [0.15, 0.2) is 77.1 Å². The van der Waals surface area contributed by atoms with Crippen molar-refractivity contribution in [1.82, 2.24) is 14.8 Å². The molecule has 42 heavy (non-hydrogen) atoms. The second kappa shape index (κ2) is 12.7. The molecule has 10 nitrogen and oxygen atoms in total. The number of rotatable bonds is 10. The van der Waals surface area contributed by atoms with E-state index in [1.165, 1.54) is 11.8 Å². The average Bonchev–Trinajstić information content (AvgIpc) is 3.41. The number of aromatic nitrogens is 3. The topological polar surface area (TPSA) is 109 Å². The summed E-state index contributed by atoms with van der Waals surface area (Å²) in [7, 11) is 6.24. The summed E-state index contributed by atoms with van der Waals surface area (Å²) in [5.74, 6) is 2.89. The maximum atomic E-state index is 13.9. The van der Waals surface area contributed by atoms with Crippen molar-refractivity contribution >= 4 is 40.9 Å². The van der Waals surface area contributed by atoms with E-state index in [1.54, 1.807) is 57.4 Å². The molecule has 218 valence electrons. The molecule has 5 rings (SSSR count). The zero-order valence-corrected chi connectivity index (χ0v) is 25.3. The molecule has 0 fully saturated rings. The minimum Gasteiger partial charge on any atom is -0.497 e. The van der Waals surface area contributed by atoms with Gasteiger partial charge in [0.25, 0.3) is 5.91 Å². The number of allylic oxidation sites excluding steroid dienone is 1. The molecule has 1 aromatic heterocycles. The number of thioether (sulfide) groups is 1.